The zero-order valence-corrected chi connectivity index (χ0v) is 13.3. The van der Waals surface area contributed by atoms with Crippen LogP contribution in [0.15, 0.2) is 11.2 Å². The molecule has 19 heavy (non-hydrogen) atoms. The van der Waals surface area contributed by atoms with Crippen molar-refractivity contribution in [2.24, 2.45) is 7.05 Å². The molecule has 1 aromatic rings. The lowest BCUT2D eigenvalue weighted by Crippen LogP contribution is -2.55. The molecule has 1 fully saturated rings. The summed E-state index contributed by atoms with van der Waals surface area (Å²) in [6, 6.07) is 0.321. The molecule has 8 heteroatoms. The van der Waals surface area contributed by atoms with Crippen LogP contribution in [0.2, 0.25) is 0 Å². The fourth-order valence-corrected chi connectivity index (χ4v) is 3.90. The van der Waals surface area contributed by atoms with Crippen LogP contribution in [0, 0.1) is 6.92 Å². The van der Waals surface area contributed by atoms with Crippen molar-refractivity contribution < 1.29 is 8.42 Å². The van der Waals surface area contributed by atoms with Crippen molar-refractivity contribution in [3.8, 4) is 0 Å². The first-order valence-electron chi connectivity index (χ1n) is 6.07. The molecule has 1 aromatic heterocycles. The lowest BCUT2D eigenvalue weighted by molar-refractivity contribution is 0.262. The van der Waals surface area contributed by atoms with Crippen molar-refractivity contribution >= 4 is 22.4 Å². The van der Waals surface area contributed by atoms with E-state index in [1.165, 1.54) is 4.31 Å². The van der Waals surface area contributed by atoms with Crippen LogP contribution in [0.25, 0.3) is 0 Å². The topological polar surface area (TPSA) is 67.2 Å². The Kier molecular flexibility index (Phi) is 5.00. The van der Waals surface area contributed by atoms with Crippen LogP contribution in [0.4, 0.5) is 0 Å². The molecule has 2 heterocycles. The molecule has 1 aliphatic heterocycles. The highest BCUT2D eigenvalue weighted by Crippen LogP contribution is 2.17. The van der Waals surface area contributed by atoms with Gasteiger partial charge in [-0.15, -0.1) is 12.4 Å². The normalized spacial score (nSPS) is 25.1. The van der Waals surface area contributed by atoms with Crippen LogP contribution < -0.4 is 5.32 Å². The van der Waals surface area contributed by atoms with Gasteiger partial charge in [-0.1, -0.05) is 0 Å². The number of nitrogens with zero attached hydrogens (tertiary/aromatic N) is 3. The SMILES string of the molecule is Cc1nc(S(=O)(=O)N2CC(C)NC(C)C2)cn1C.Cl. The first-order valence-corrected chi connectivity index (χ1v) is 7.51. The third kappa shape index (κ3) is 3.28. The molecule has 2 rings (SSSR count). The number of imidazole rings is 1. The van der Waals surface area contributed by atoms with Crippen LogP contribution in [0.1, 0.15) is 19.7 Å². The number of hydrogen-bond acceptors (Lipinski definition) is 4. The van der Waals surface area contributed by atoms with Gasteiger partial charge in [0.15, 0.2) is 5.03 Å². The highest BCUT2D eigenvalue weighted by molar-refractivity contribution is 7.89. The molecule has 0 radical (unpaired) electrons. The van der Waals surface area contributed by atoms with Crippen LogP contribution >= 0.6 is 12.4 Å². The summed E-state index contributed by atoms with van der Waals surface area (Å²) in [6.07, 6.45) is 1.57. The largest absolute Gasteiger partial charge is 0.337 e. The van der Waals surface area contributed by atoms with Crippen molar-refractivity contribution in [3.05, 3.63) is 12.0 Å². The quantitative estimate of drug-likeness (QED) is 0.865. The number of halogens is 1. The summed E-state index contributed by atoms with van der Waals surface area (Å²) in [6.45, 7) is 6.75. The van der Waals surface area contributed by atoms with E-state index in [0.717, 1.165) is 0 Å². The molecule has 1 N–H and O–H groups in total. The predicted octanol–water partition coefficient (Wildman–Crippen LogP) is 0.521. The van der Waals surface area contributed by atoms with Crippen molar-refractivity contribution in [2.45, 2.75) is 37.9 Å². The summed E-state index contributed by atoms with van der Waals surface area (Å²) < 4.78 is 28.2. The number of sulfonamides is 1. The lowest BCUT2D eigenvalue weighted by atomic mass is 10.2. The van der Waals surface area contributed by atoms with Gasteiger partial charge in [-0.3, -0.25) is 0 Å². The van der Waals surface area contributed by atoms with Gasteiger partial charge in [0.1, 0.15) is 5.82 Å². The van der Waals surface area contributed by atoms with Gasteiger partial charge in [-0.2, -0.15) is 4.31 Å². The van der Waals surface area contributed by atoms with Crippen LogP contribution in [-0.4, -0.2) is 47.4 Å². The molecule has 0 bridgehead atoms. The first kappa shape index (κ1) is 16.4. The average molecular weight is 309 g/mol. The van der Waals surface area contributed by atoms with Crippen molar-refractivity contribution in [1.82, 2.24) is 19.2 Å². The van der Waals surface area contributed by atoms with Gasteiger partial charge in [0.2, 0.25) is 0 Å². The molecule has 0 saturated carbocycles. The second-order valence-electron chi connectivity index (χ2n) is 5.03. The lowest BCUT2D eigenvalue weighted by Gasteiger charge is -2.34. The smallest absolute Gasteiger partial charge is 0.262 e. The molecule has 1 aliphatic rings. The summed E-state index contributed by atoms with van der Waals surface area (Å²) in [7, 11) is -1.67. The Hall–Kier alpha value is -0.630. The maximum absolute atomic E-state index is 12.5. The molecule has 0 amide bonds. The van der Waals surface area contributed by atoms with Crippen LogP contribution in [-0.2, 0) is 17.1 Å². The fraction of sp³-hybridized carbons (Fsp3) is 0.727. The number of rotatable bonds is 2. The summed E-state index contributed by atoms with van der Waals surface area (Å²) in [5, 5.41) is 3.46. The molecular weight excluding hydrogens is 288 g/mol. The van der Waals surface area contributed by atoms with Crippen LogP contribution in [0.5, 0.6) is 0 Å². The minimum atomic E-state index is -3.47. The van der Waals surface area contributed by atoms with E-state index in [1.807, 2.05) is 13.8 Å². The molecular formula is C11H21ClN4O2S. The molecule has 0 spiro atoms. The highest BCUT2D eigenvalue weighted by Gasteiger charge is 2.32. The van der Waals surface area contributed by atoms with Crippen molar-refractivity contribution in [2.75, 3.05) is 13.1 Å². The summed E-state index contributed by atoms with van der Waals surface area (Å²) in [4.78, 5) is 4.12. The molecule has 0 aromatic carbocycles. The second-order valence-corrected chi connectivity index (χ2v) is 6.91. The minimum Gasteiger partial charge on any atom is -0.337 e. The third-order valence-electron chi connectivity index (χ3n) is 3.21. The van der Waals surface area contributed by atoms with Crippen molar-refractivity contribution in [3.63, 3.8) is 0 Å². The van der Waals surface area contributed by atoms with E-state index in [-0.39, 0.29) is 29.5 Å². The third-order valence-corrected chi connectivity index (χ3v) is 4.92. The Morgan fingerprint density at radius 2 is 1.84 bits per heavy atom. The van der Waals surface area contributed by atoms with E-state index in [9.17, 15) is 8.42 Å². The Balaban J connectivity index is 0.00000180. The van der Waals surface area contributed by atoms with E-state index in [1.54, 1.807) is 24.7 Å². The Bertz CT molecular complexity index is 513. The monoisotopic (exact) mass is 308 g/mol. The maximum Gasteiger partial charge on any atom is 0.262 e. The Morgan fingerprint density at radius 1 is 1.32 bits per heavy atom. The second kappa shape index (κ2) is 5.78. The number of aryl methyl sites for hydroxylation is 2. The highest BCUT2D eigenvalue weighted by atomic mass is 35.5. The van der Waals surface area contributed by atoms with Crippen molar-refractivity contribution in [1.29, 1.82) is 0 Å². The summed E-state index contributed by atoms with van der Waals surface area (Å²) >= 11 is 0. The Labute approximate surface area is 120 Å². The summed E-state index contributed by atoms with van der Waals surface area (Å²) in [5.41, 5.74) is 0. The average Bonchev–Trinajstić information content (AvgIpc) is 2.58. The minimum absolute atomic E-state index is 0. The van der Waals surface area contributed by atoms with E-state index >= 15 is 0 Å². The van der Waals surface area contributed by atoms with Gasteiger partial charge in [0, 0.05) is 38.4 Å². The van der Waals surface area contributed by atoms with E-state index in [4.69, 9.17) is 0 Å². The van der Waals surface area contributed by atoms with Gasteiger partial charge < -0.3 is 9.88 Å². The zero-order valence-electron chi connectivity index (χ0n) is 11.6. The molecule has 2 atom stereocenters. The molecule has 110 valence electrons. The molecule has 6 nitrogen and oxygen atoms in total. The number of piperazine rings is 1. The molecule has 1 saturated heterocycles. The number of hydrogen-bond donors (Lipinski definition) is 1. The van der Waals surface area contributed by atoms with Gasteiger partial charge >= 0.3 is 0 Å². The first-order chi connectivity index (χ1) is 8.30. The number of nitrogens with one attached hydrogen (secondary N) is 1. The van der Waals surface area contributed by atoms with E-state index in [0.29, 0.717) is 18.9 Å². The number of aromatic nitrogens is 2. The summed E-state index contributed by atoms with van der Waals surface area (Å²) in [5.74, 6) is 0.699. The maximum atomic E-state index is 12.5. The zero-order chi connectivity index (χ0) is 13.5. The van der Waals surface area contributed by atoms with Gasteiger partial charge in [0.05, 0.1) is 0 Å². The van der Waals surface area contributed by atoms with E-state index < -0.39 is 10.0 Å². The van der Waals surface area contributed by atoms with Crippen LogP contribution in [0.3, 0.4) is 0 Å². The van der Waals surface area contributed by atoms with E-state index in [2.05, 4.69) is 10.3 Å². The molecule has 0 aliphatic carbocycles. The molecule has 2 unspecified atom stereocenters. The predicted molar refractivity (Wildman–Crippen MR) is 76.0 cm³/mol. The Morgan fingerprint density at radius 3 is 2.26 bits per heavy atom. The fourth-order valence-electron chi connectivity index (χ4n) is 2.26. The van der Waals surface area contributed by atoms with Gasteiger partial charge in [0.25, 0.3) is 10.0 Å². The standard InChI is InChI=1S/C11H20N4O2S.ClH/c1-8-5-15(6-9(2)12-8)18(16,17)11-7-14(4)10(3)13-11;/h7-9,12H,5-6H2,1-4H3;1H. The van der Waals surface area contributed by atoms with Gasteiger partial charge in [-0.05, 0) is 20.8 Å². The van der Waals surface area contributed by atoms with Gasteiger partial charge in [-0.25, -0.2) is 13.4 Å².